The predicted octanol–water partition coefficient (Wildman–Crippen LogP) is 2.01. The van der Waals surface area contributed by atoms with Gasteiger partial charge in [-0.05, 0) is 12.1 Å². The quantitative estimate of drug-likeness (QED) is 0.829. The van der Waals surface area contributed by atoms with Crippen molar-refractivity contribution >= 4 is 21.4 Å². The number of nitrogens with zero attached hydrogens (tertiary/aromatic N) is 3. The molecule has 3 heterocycles. The molecular formula is C12H10F3N3O3S2. The molecule has 0 aromatic carbocycles. The van der Waals surface area contributed by atoms with Crippen molar-refractivity contribution in [2.45, 2.75) is 17.3 Å². The van der Waals surface area contributed by atoms with Crippen molar-refractivity contribution < 1.29 is 26.3 Å². The van der Waals surface area contributed by atoms with Crippen molar-refractivity contribution in [1.29, 1.82) is 0 Å². The van der Waals surface area contributed by atoms with Crippen molar-refractivity contribution in [3.8, 4) is 5.19 Å². The SMILES string of the molecule is O=S(=O)(c1ccc(C(F)(F)F)cn1)N1CC(Oc2nccs2)C1. The summed E-state index contributed by atoms with van der Waals surface area (Å²) in [6.07, 6.45) is -2.81. The van der Waals surface area contributed by atoms with Crippen molar-refractivity contribution in [2.24, 2.45) is 0 Å². The van der Waals surface area contributed by atoms with Gasteiger partial charge in [0.05, 0.1) is 18.7 Å². The maximum atomic E-state index is 12.5. The highest BCUT2D eigenvalue weighted by atomic mass is 32.2. The standard InChI is InChI=1S/C12H10F3N3O3S2/c13-12(14,15)8-1-2-10(17-5-8)23(19,20)18-6-9(7-18)21-11-16-3-4-22-11/h1-5,9H,6-7H2. The summed E-state index contributed by atoms with van der Waals surface area (Å²) in [6, 6.07) is 1.55. The van der Waals surface area contributed by atoms with Crippen LogP contribution in [0.15, 0.2) is 34.9 Å². The Labute approximate surface area is 133 Å². The highest BCUT2D eigenvalue weighted by molar-refractivity contribution is 7.89. The van der Waals surface area contributed by atoms with Gasteiger partial charge < -0.3 is 4.74 Å². The zero-order chi connectivity index (χ0) is 16.7. The Morgan fingerprint density at radius 1 is 1.26 bits per heavy atom. The summed E-state index contributed by atoms with van der Waals surface area (Å²) in [5.74, 6) is 0. The van der Waals surface area contributed by atoms with E-state index < -0.39 is 26.8 Å². The first-order valence-corrected chi connectivity index (χ1v) is 8.68. The molecule has 0 amide bonds. The second-order valence-electron chi connectivity index (χ2n) is 4.74. The van der Waals surface area contributed by atoms with Crippen molar-refractivity contribution in [1.82, 2.24) is 14.3 Å². The maximum Gasteiger partial charge on any atom is 0.417 e. The van der Waals surface area contributed by atoms with Crippen molar-refractivity contribution in [3.05, 3.63) is 35.5 Å². The molecule has 0 spiro atoms. The van der Waals surface area contributed by atoms with Gasteiger partial charge >= 0.3 is 6.18 Å². The maximum absolute atomic E-state index is 12.5. The molecule has 1 aliphatic heterocycles. The fraction of sp³-hybridized carbons (Fsp3) is 0.333. The van der Waals surface area contributed by atoms with Crippen LogP contribution in [0, 0.1) is 0 Å². The van der Waals surface area contributed by atoms with Gasteiger partial charge in [-0.3, -0.25) is 0 Å². The number of pyridine rings is 1. The second-order valence-corrected chi connectivity index (χ2v) is 7.48. The average molecular weight is 365 g/mol. The number of alkyl halides is 3. The minimum Gasteiger partial charge on any atom is -0.464 e. The van der Waals surface area contributed by atoms with Gasteiger partial charge in [0.25, 0.3) is 15.2 Å². The molecule has 2 aromatic heterocycles. The van der Waals surface area contributed by atoms with E-state index >= 15 is 0 Å². The number of ether oxygens (including phenoxy) is 1. The Hall–Kier alpha value is -1.72. The molecule has 11 heteroatoms. The third-order valence-electron chi connectivity index (χ3n) is 3.16. The summed E-state index contributed by atoms with van der Waals surface area (Å²) in [7, 11) is -3.92. The number of rotatable bonds is 4. The Kier molecular flexibility index (Phi) is 4.02. The van der Waals surface area contributed by atoms with E-state index in [0.717, 1.165) is 10.4 Å². The molecule has 0 radical (unpaired) electrons. The summed E-state index contributed by atoms with van der Waals surface area (Å²) in [6.45, 7) is 0.204. The molecule has 124 valence electrons. The Bertz CT molecular complexity index is 770. The monoisotopic (exact) mass is 365 g/mol. The summed E-state index contributed by atoms with van der Waals surface area (Å²) in [5, 5.41) is 1.76. The second kappa shape index (κ2) is 5.73. The van der Waals surface area contributed by atoms with Crippen LogP contribution in [0.4, 0.5) is 13.2 Å². The average Bonchev–Trinajstić information content (AvgIpc) is 2.94. The lowest BCUT2D eigenvalue weighted by atomic mass is 10.2. The molecule has 0 unspecified atom stereocenters. The van der Waals surface area contributed by atoms with E-state index in [1.807, 2.05) is 0 Å². The van der Waals surface area contributed by atoms with E-state index in [2.05, 4.69) is 9.97 Å². The molecule has 3 rings (SSSR count). The fourth-order valence-corrected chi connectivity index (χ4v) is 3.88. The highest BCUT2D eigenvalue weighted by Gasteiger charge is 2.39. The van der Waals surface area contributed by atoms with Crippen LogP contribution in [-0.4, -0.2) is 41.9 Å². The fourth-order valence-electron chi connectivity index (χ4n) is 1.92. The van der Waals surface area contributed by atoms with Gasteiger partial charge in [-0.15, -0.1) is 0 Å². The van der Waals surface area contributed by atoms with Gasteiger partial charge in [0.1, 0.15) is 6.10 Å². The van der Waals surface area contributed by atoms with Gasteiger partial charge in [-0.25, -0.2) is 18.4 Å². The molecule has 0 saturated carbocycles. The van der Waals surface area contributed by atoms with Gasteiger partial charge in [0.15, 0.2) is 5.03 Å². The molecule has 0 N–H and O–H groups in total. The van der Waals surface area contributed by atoms with Crippen molar-refractivity contribution in [3.63, 3.8) is 0 Å². The highest BCUT2D eigenvalue weighted by Crippen LogP contribution is 2.30. The van der Waals surface area contributed by atoms with Gasteiger partial charge in [0, 0.05) is 17.8 Å². The molecule has 0 bridgehead atoms. The third-order valence-corrected chi connectivity index (χ3v) is 5.57. The van der Waals surface area contributed by atoms with E-state index in [-0.39, 0.29) is 19.2 Å². The number of hydrogen-bond donors (Lipinski definition) is 0. The van der Waals surface area contributed by atoms with Crippen LogP contribution in [0.1, 0.15) is 5.56 Å². The molecule has 0 atom stereocenters. The normalized spacial score (nSPS) is 17.0. The third kappa shape index (κ3) is 3.31. The van der Waals surface area contributed by atoms with Crippen LogP contribution < -0.4 is 4.74 Å². The van der Waals surface area contributed by atoms with Crippen LogP contribution in [0.5, 0.6) is 5.19 Å². The van der Waals surface area contributed by atoms with Crippen LogP contribution in [-0.2, 0) is 16.2 Å². The van der Waals surface area contributed by atoms with E-state index in [1.165, 1.54) is 11.3 Å². The van der Waals surface area contributed by atoms with Gasteiger partial charge in [-0.1, -0.05) is 11.3 Å². The molecule has 1 saturated heterocycles. The van der Waals surface area contributed by atoms with E-state index in [0.29, 0.717) is 17.5 Å². The van der Waals surface area contributed by atoms with Crippen LogP contribution >= 0.6 is 11.3 Å². The van der Waals surface area contributed by atoms with E-state index in [4.69, 9.17) is 4.74 Å². The zero-order valence-corrected chi connectivity index (χ0v) is 13.0. The topological polar surface area (TPSA) is 72.4 Å². The van der Waals surface area contributed by atoms with Gasteiger partial charge in [0.2, 0.25) is 0 Å². The van der Waals surface area contributed by atoms with E-state index in [1.54, 1.807) is 11.6 Å². The van der Waals surface area contributed by atoms with E-state index in [9.17, 15) is 21.6 Å². The summed E-state index contributed by atoms with van der Waals surface area (Å²) in [4.78, 5) is 7.35. The number of aromatic nitrogens is 2. The number of hydrogen-bond acceptors (Lipinski definition) is 6. The smallest absolute Gasteiger partial charge is 0.417 e. The molecule has 1 aliphatic rings. The zero-order valence-electron chi connectivity index (χ0n) is 11.4. The Morgan fingerprint density at radius 3 is 2.52 bits per heavy atom. The Morgan fingerprint density at radius 2 is 2.00 bits per heavy atom. The predicted molar refractivity (Wildman–Crippen MR) is 74.5 cm³/mol. The molecule has 2 aromatic rings. The van der Waals surface area contributed by atoms with Crippen molar-refractivity contribution in [2.75, 3.05) is 13.1 Å². The minimum atomic E-state index is -4.56. The number of sulfonamides is 1. The first-order chi connectivity index (χ1) is 10.8. The Balaban J connectivity index is 1.66. The van der Waals surface area contributed by atoms with Gasteiger partial charge in [-0.2, -0.15) is 17.5 Å². The lowest BCUT2D eigenvalue weighted by Crippen LogP contribution is -2.56. The lowest BCUT2D eigenvalue weighted by molar-refractivity contribution is -0.137. The first-order valence-electron chi connectivity index (χ1n) is 6.36. The molecular weight excluding hydrogens is 355 g/mol. The molecule has 23 heavy (non-hydrogen) atoms. The molecule has 1 fully saturated rings. The number of halogens is 3. The first kappa shape index (κ1) is 16.1. The molecule has 0 aliphatic carbocycles. The number of thiazole rings is 1. The largest absolute Gasteiger partial charge is 0.464 e. The van der Waals surface area contributed by atoms with Crippen LogP contribution in [0.2, 0.25) is 0 Å². The summed E-state index contributed by atoms with van der Waals surface area (Å²) < 4.78 is 68.4. The molecule has 6 nitrogen and oxygen atoms in total. The minimum absolute atomic E-state index is 0.102. The summed E-state index contributed by atoms with van der Waals surface area (Å²) >= 11 is 1.29. The lowest BCUT2D eigenvalue weighted by Gasteiger charge is -2.36. The van der Waals surface area contributed by atoms with Crippen LogP contribution in [0.3, 0.4) is 0 Å². The van der Waals surface area contributed by atoms with Crippen LogP contribution in [0.25, 0.3) is 0 Å². The summed E-state index contributed by atoms with van der Waals surface area (Å²) in [5.41, 5.74) is -0.995.